The van der Waals surface area contributed by atoms with E-state index in [1.807, 2.05) is 0 Å². The SMILES string of the molecule is CC(C(=O)[O-])C(F)(F)F.O=C(O)C(=O)O.OB(O)O.[Li+]. The van der Waals surface area contributed by atoms with Crippen LogP contribution in [0.15, 0.2) is 0 Å². The van der Waals surface area contributed by atoms with Crippen molar-refractivity contribution in [3.05, 3.63) is 0 Å². The van der Waals surface area contributed by atoms with Crippen molar-refractivity contribution >= 4 is 25.2 Å². The maximum absolute atomic E-state index is 11.3. The van der Waals surface area contributed by atoms with Crippen LogP contribution in [0.2, 0.25) is 0 Å². The zero-order chi connectivity index (χ0) is 16.4. The predicted octanol–water partition coefficient (Wildman–Crippen LogP) is -5.96. The number of carbonyl (C=O) groups excluding carboxylic acids is 1. The second-order valence-corrected chi connectivity index (χ2v) is 2.54. The average molecular weight is 300 g/mol. The number of carboxylic acid groups (broad SMARTS) is 3. The van der Waals surface area contributed by atoms with Gasteiger partial charge in [0.05, 0.1) is 11.9 Å². The van der Waals surface area contributed by atoms with Gasteiger partial charge >= 0.3 is 44.3 Å². The van der Waals surface area contributed by atoms with Crippen molar-refractivity contribution in [1.82, 2.24) is 0 Å². The molecule has 0 aromatic carbocycles. The Balaban J connectivity index is -0.000000102. The van der Waals surface area contributed by atoms with Crippen LogP contribution in [0.3, 0.4) is 0 Å². The Morgan fingerprint density at radius 3 is 1.25 bits per heavy atom. The fourth-order valence-electron chi connectivity index (χ4n) is 0.134. The van der Waals surface area contributed by atoms with Gasteiger partial charge in [-0.15, -0.1) is 0 Å². The van der Waals surface area contributed by atoms with E-state index in [4.69, 9.17) is 34.9 Å². The molecular formula is C6H9BF3LiO9. The fourth-order valence-corrected chi connectivity index (χ4v) is 0.134. The minimum atomic E-state index is -4.68. The van der Waals surface area contributed by atoms with Crippen LogP contribution >= 0.6 is 0 Å². The van der Waals surface area contributed by atoms with Crippen molar-refractivity contribution in [3.8, 4) is 0 Å². The molecule has 14 heteroatoms. The van der Waals surface area contributed by atoms with E-state index in [0.29, 0.717) is 6.92 Å². The Morgan fingerprint density at radius 2 is 1.25 bits per heavy atom. The maximum Gasteiger partial charge on any atom is 1.00 e. The summed E-state index contributed by atoms with van der Waals surface area (Å²) in [5, 5.41) is 45.8. The summed E-state index contributed by atoms with van der Waals surface area (Å²) in [5.74, 6) is -8.12. The molecule has 0 spiro atoms. The standard InChI is InChI=1S/C4H5F3O2.C2H2O4.BH3O3.Li/c1-2(3(8)9)4(5,6)7;3-1(4)2(5)6;2-1(3)4;/h2H,1H3,(H,8,9);(H,3,4)(H,5,6);2-4H;/q;;;+1/p-1. The van der Waals surface area contributed by atoms with Crippen LogP contribution in [0, 0.1) is 5.92 Å². The first kappa shape index (κ1) is 27.1. The number of alkyl halides is 3. The fraction of sp³-hybridized carbons (Fsp3) is 0.500. The molecule has 0 aromatic heterocycles. The number of aliphatic carboxylic acids is 3. The number of carbonyl (C=O) groups is 3. The Hall–Kier alpha value is -1.26. The first-order valence-corrected chi connectivity index (χ1v) is 4.01. The topological polar surface area (TPSA) is 175 Å². The molecule has 1 atom stereocenters. The molecule has 0 aliphatic rings. The number of hydrogen-bond acceptors (Lipinski definition) is 7. The van der Waals surface area contributed by atoms with Crippen LogP contribution in [-0.4, -0.2) is 56.7 Å². The Labute approximate surface area is 122 Å². The molecule has 0 rings (SSSR count). The van der Waals surface area contributed by atoms with E-state index < -0.39 is 37.3 Å². The van der Waals surface area contributed by atoms with E-state index in [2.05, 4.69) is 0 Å². The molecule has 0 aromatic rings. The summed E-state index contributed by atoms with van der Waals surface area (Å²) in [6, 6.07) is 0. The number of hydrogen-bond donors (Lipinski definition) is 5. The molecule has 0 saturated carbocycles. The van der Waals surface area contributed by atoms with Gasteiger partial charge < -0.3 is 35.2 Å². The summed E-state index contributed by atoms with van der Waals surface area (Å²) in [6.07, 6.45) is -4.68. The minimum Gasteiger partial charge on any atom is -0.550 e. The van der Waals surface area contributed by atoms with Gasteiger partial charge in [0.2, 0.25) is 0 Å². The molecule has 9 nitrogen and oxygen atoms in total. The van der Waals surface area contributed by atoms with Crippen molar-refractivity contribution in [1.29, 1.82) is 0 Å². The summed E-state index contributed by atoms with van der Waals surface area (Å²) in [5.41, 5.74) is 0. The molecule has 0 saturated heterocycles. The minimum absolute atomic E-state index is 0. The number of halogens is 3. The summed E-state index contributed by atoms with van der Waals surface area (Å²) in [6.45, 7) is 0.537. The van der Waals surface area contributed by atoms with Gasteiger partial charge in [-0.25, -0.2) is 9.59 Å². The van der Waals surface area contributed by atoms with Gasteiger partial charge in [-0.2, -0.15) is 13.2 Å². The normalized spacial score (nSPS) is 10.3. The quantitative estimate of drug-likeness (QED) is 0.233. The van der Waals surface area contributed by atoms with Crippen molar-refractivity contribution in [3.63, 3.8) is 0 Å². The first-order valence-electron chi connectivity index (χ1n) is 4.01. The Morgan fingerprint density at radius 1 is 1.05 bits per heavy atom. The molecule has 112 valence electrons. The second-order valence-electron chi connectivity index (χ2n) is 2.54. The Kier molecular flexibility index (Phi) is 17.3. The molecule has 0 bridgehead atoms. The summed E-state index contributed by atoms with van der Waals surface area (Å²) >= 11 is 0. The molecular weight excluding hydrogens is 291 g/mol. The van der Waals surface area contributed by atoms with E-state index in [1.54, 1.807) is 0 Å². The Bertz CT molecular complexity index is 294. The number of carboxylic acids is 3. The second kappa shape index (κ2) is 12.8. The van der Waals surface area contributed by atoms with Crippen LogP contribution < -0.4 is 24.0 Å². The summed E-state index contributed by atoms with van der Waals surface area (Å²) < 4.78 is 33.8. The van der Waals surface area contributed by atoms with Gasteiger partial charge in [0, 0.05) is 0 Å². The van der Waals surface area contributed by atoms with E-state index in [1.165, 1.54) is 0 Å². The zero-order valence-electron chi connectivity index (χ0n) is 10.2. The monoisotopic (exact) mass is 300 g/mol. The molecule has 0 radical (unpaired) electrons. The third-order valence-corrected chi connectivity index (χ3v) is 1.03. The van der Waals surface area contributed by atoms with Crippen molar-refractivity contribution < 1.29 is 76.8 Å². The van der Waals surface area contributed by atoms with E-state index >= 15 is 0 Å². The number of rotatable bonds is 1. The van der Waals surface area contributed by atoms with Gasteiger partial charge in [-0.1, -0.05) is 0 Å². The molecule has 0 aliphatic heterocycles. The summed E-state index contributed by atoms with van der Waals surface area (Å²) in [7, 11) is -2.17. The van der Waals surface area contributed by atoms with E-state index in [-0.39, 0.29) is 18.9 Å². The van der Waals surface area contributed by atoms with Crippen molar-refractivity contribution in [2.75, 3.05) is 0 Å². The van der Waals surface area contributed by atoms with Gasteiger partial charge in [-0.05, 0) is 6.92 Å². The maximum atomic E-state index is 11.3. The molecule has 0 aliphatic carbocycles. The molecule has 0 fully saturated rings. The van der Waals surface area contributed by atoms with Crippen LogP contribution in [0.25, 0.3) is 0 Å². The van der Waals surface area contributed by atoms with E-state index in [0.717, 1.165) is 0 Å². The van der Waals surface area contributed by atoms with Gasteiger partial charge in [0.1, 0.15) is 0 Å². The average Bonchev–Trinajstić information content (AvgIpc) is 2.14. The van der Waals surface area contributed by atoms with Crippen LogP contribution in [0.5, 0.6) is 0 Å². The van der Waals surface area contributed by atoms with Crippen LogP contribution in [-0.2, 0) is 14.4 Å². The van der Waals surface area contributed by atoms with Crippen LogP contribution in [0.1, 0.15) is 6.92 Å². The van der Waals surface area contributed by atoms with Gasteiger partial charge in [0.15, 0.2) is 0 Å². The smallest absolute Gasteiger partial charge is 0.550 e. The third-order valence-electron chi connectivity index (χ3n) is 1.03. The molecule has 20 heavy (non-hydrogen) atoms. The van der Waals surface area contributed by atoms with Crippen molar-refractivity contribution in [2.45, 2.75) is 13.1 Å². The van der Waals surface area contributed by atoms with Crippen LogP contribution in [0.4, 0.5) is 13.2 Å². The largest absolute Gasteiger partial charge is 1.00 e. The molecule has 1 unspecified atom stereocenters. The zero-order valence-corrected chi connectivity index (χ0v) is 10.2. The van der Waals surface area contributed by atoms with Gasteiger partial charge in [0.25, 0.3) is 0 Å². The van der Waals surface area contributed by atoms with Gasteiger partial charge in [-0.3, -0.25) is 0 Å². The van der Waals surface area contributed by atoms with Crippen molar-refractivity contribution in [2.24, 2.45) is 5.92 Å². The van der Waals surface area contributed by atoms with E-state index in [9.17, 15) is 23.1 Å². The first-order chi connectivity index (χ1) is 8.23. The third kappa shape index (κ3) is 25.6. The predicted molar refractivity (Wildman–Crippen MR) is 47.9 cm³/mol. The molecule has 5 N–H and O–H groups in total. The summed E-state index contributed by atoms with van der Waals surface area (Å²) in [4.78, 5) is 27.7. The molecule has 0 amide bonds. The molecule has 0 heterocycles.